The van der Waals surface area contributed by atoms with Crippen LogP contribution < -0.4 is 10.2 Å². The lowest BCUT2D eigenvalue weighted by atomic mass is 9.97. The van der Waals surface area contributed by atoms with Crippen LogP contribution in [-0.4, -0.2) is 53.2 Å². The Morgan fingerprint density at radius 1 is 1.22 bits per heavy atom. The minimum Gasteiger partial charge on any atom is -0.484 e. The molecule has 0 unspecified atom stereocenters. The molecule has 2 aliphatic rings. The van der Waals surface area contributed by atoms with Crippen molar-refractivity contribution in [2.45, 2.75) is 19.5 Å². The maximum atomic E-state index is 13.7. The van der Waals surface area contributed by atoms with Gasteiger partial charge in [0.15, 0.2) is 11.7 Å². The summed E-state index contributed by atoms with van der Waals surface area (Å²) in [7, 11) is 1.46. The van der Waals surface area contributed by atoms with Crippen LogP contribution in [0.2, 0.25) is 0 Å². The van der Waals surface area contributed by atoms with Gasteiger partial charge in [-0.2, -0.15) is 4.99 Å². The first-order valence-electron chi connectivity index (χ1n) is 11.5. The predicted octanol–water partition coefficient (Wildman–Crippen LogP) is 3.18. The molecule has 0 bridgehead atoms. The van der Waals surface area contributed by atoms with Crippen LogP contribution in [0.3, 0.4) is 0 Å². The van der Waals surface area contributed by atoms with E-state index in [2.05, 4.69) is 20.3 Å². The molecular weight excluding hydrogens is 476 g/mol. The first-order chi connectivity index (χ1) is 17.9. The number of pyridine rings is 1. The summed E-state index contributed by atoms with van der Waals surface area (Å²) in [6.07, 6.45) is 0.674. The molecule has 3 aromatic rings. The predicted molar refractivity (Wildman–Crippen MR) is 137 cm³/mol. The summed E-state index contributed by atoms with van der Waals surface area (Å²) in [5.41, 5.74) is 2.84. The van der Waals surface area contributed by atoms with E-state index in [4.69, 9.17) is 4.74 Å². The zero-order valence-corrected chi connectivity index (χ0v) is 20.0. The third-order valence-corrected chi connectivity index (χ3v) is 6.18. The van der Waals surface area contributed by atoms with E-state index in [-0.39, 0.29) is 17.1 Å². The van der Waals surface area contributed by atoms with Crippen molar-refractivity contribution in [3.8, 4) is 0 Å². The molecule has 0 saturated heterocycles. The summed E-state index contributed by atoms with van der Waals surface area (Å²) >= 11 is 0. The van der Waals surface area contributed by atoms with E-state index in [0.717, 1.165) is 0 Å². The van der Waals surface area contributed by atoms with Crippen molar-refractivity contribution in [3.63, 3.8) is 0 Å². The Kier molecular flexibility index (Phi) is 6.18. The number of hydrogen-bond donors (Lipinski definition) is 1. The monoisotopic (exact) mass is 498 g/mol. The summed E-state index contributed by atoms with van der Waals surface area (Å²) in [4.78, 5) is 52.8. The van der Waals surface area contributed by atoms with E-state index in [1.54, 1.807) is 31.2 Å². The maximum Gasteiger partial charge on any atom is 0.272 e. The number of anilines is 1. The van der Waals surface area contributed by atoms with Crippen molar-refractivity contribution >= 4 is 40.6 Å². The van der Waals surface area contributed by atoms with E-state index in [0.29, 0.717) is 47.0 Å². The van der Waals surface area contributed by atoms with Gasteiger partial charge in [0.05, 0.1) is 29.0 Å². The Bertz CT molecular complexity index is 1480. The lowest BCUT2D eigenvalue weighted by Gasteiger charge is -2.21. The number of amides is 2. The Balaban J connectivity index is 1.62. The molecule has 2 aromatic carbocycles. The number of nitro groups is 1. The molecule has 0 spiro atoms. The highest BCUT2D eigenvalue weighted by molar-refractivity contribution is 6.21. The molecule has 2 aliphatic heterocycles. The van der Waals surface area contributed by atoms with Crippen LogP contribution in [0.4, 0.5) is 17.2 Å². The van der Waals surface area contributed by atoms with Crippen LogP contribution in [0, 0.1) is 10.1 Å². The SMILES string of the molecule is COC(C)=Nc1ncccc1C(=O)N[C@@H]1N=C(c2ccccc2)c2cc([N+](=O)[O-])cc3c2N(CC3)C1=O. The number of benzene rings is 2. The third-order valence-electron chi connectivity index (χ3n) is 6.18. The molecule has 1 aromatic heterocycles. The Morgan fingerprint density at radius 2 is 2.00 bits per heavy atom. The fraction of sp³-hybridized carbons (Fsp3) is 0.192. The van der Waals surface area contributed by atoms with Crippen molar-refractivity contribution in [2.24, 2.45) is 9.98 Å². The lowest BCUT2D eigenvalue weighted by molar-refractivity contribution is -0.384. The van der Waals surface area contributed by atoms with Gasteiger partial charge in [-0.15, -0.1) is 0 Å². The zero-order valence-electron chi connectivity index (χ0n) is 20.0. The largest absolute Gasteiger partial charge is 0.484 e. The smallest absolute Gasteiger partial charge is 0.272 e. The Labute approximate surface area is 211 Å². The minimum atomic E-state index is -1.28. The molecule has 186 valence electrons. The van der Waals surface area contributed by atoms with Crippen molar-refractivity contribution in [3.05, 3.63) is 93.2 Å². The van der Waals surface area contributed by atoms with E-state index >= 15 is 0 Å². The number of ether oxygens (including phenoxy) is 1. The van der Waals surface area contributed by atoms with Crippen LogP contribution in [-0.2, 0) is 16.0 Å². The number of carbonyl (C=O) groups is 2. The number of nitrogens with zero attached hydrogens (tertiary/aromatic N) is 5. The number of rotatable bonds is 5. The molecule has 37 heavy (non-hydrogen) atoms. The summed E-state index contributed by atoms with van der Waals surface area (Å²) in [6, 6.07) is 15.1. The molecule has 0 radical (unpaired) electrons. The summed E-state index contributed by atoms with van der Waals surface area (Å²) in [5.74, 6) is -0.587. The van der Waals surface area contributed by atoms with Gasteiger partial charge < -0.3 is 15.0 Å². The second-order valence-electron chi connectivity index (χ2n) is 8.43. The van der Waals surface area contributed by atoms with Crippen molar-refractivity contribution in [2.75, 3.05) is 18.6 Å². The molecular formula is C26H22N6O5. The first kappa shape index (κ1) is 23.8. The highest BCUT2D eigenvalue weighted by Crippen LogP contribution is 2.39. The number of methoxy groups -OCH3 is 1. The number of nitrogens with one attached hydrogen (secondary N) is 1. The molecule has 5 rings (SSSR count). The zero-order chi connectivity index (χ0) is 26.1. The van der Waals surface area contributed by atoms with Crippen LogP contribution in [0.25, 0.3) is 0 Å². The van der Waals surface area contributed by atoms with E-state index in [1.165, 1.54) is 30.3 Å². The summed E-state index contributed by atoms with van der Waals surface area (Å²) in [6.45, 7) is 1.95. The van der Waals surface area contributed by atoms with E-state index in [9.17, 15) is 19.7 Å². The lowest BCUT2D eigenvalue weighted by Crippen LogP contribution is -2.47. The Morgan fingerprint density at radius 3 is 2.73 bits per heavy atom. The van der Waals surface area contributed by atoms with Crippen molar-refractivity contribution < 1.29 is 19.2 Å². The molecule has 3 heterocycles. The van der Waals surface area contributed by atoms with Gasteiger partial charge in [-0.05, 0) is 24.1 Å². The second kappa shape index (κ2) is 9.61. The van der Waals surface area contributed by atoms with E-state index < -0.39 is 22.9 Å². The minimum absolute atomic E-state index is 0.0828. The molecule has 0 aliphatic carbocycles. The molecule has 1 atom stereocenters. The van der Waals surface area contributed by atoms with Crippen LogP contribution in [0.1, 0.15) is 34.0 Å². The van der Waals surface area contributed by atoms with Crippen molar-refractivity contribution in [1.29, 1.82) is 0 Å². The van der Waals surface area contributed by atoms with Gasteiger partial charge in [-0.25, -0.2) is 9.98 Å². The van der Waals surface area contributed by atoms with Crippen molar-refractivity contribution in [1.82, 2.24) is 10.3 Å². The molecule has 11 heteroatoms. The highest BCUT2D eigenvalue weighted by atomic mass is 16.6. The molecule has 1 N–H and O–H groups in total. The van der Waals surface area contributed by atoms with Crippen LogP contribution >= 0.6 is 0 Å². The second-order valence-corrected chi connectivity index (χ2v) is 8.43. The Hall–Kier alpha value is -4.93. The normalized spacial score (nSPS) is 16.5. The third kappa shape index (κ3) is 4.42. The maximum absolute atomic E-state index is 13.7. The van der Waals surface area contributed by atoms with E-state index in [1.807, 2.05) is 18.2 Å². The van der Waals surface area contributed by atoms with Gasteiger partial charge in [0.1, 0.15) is 0 Å². The van der Waals surface area contributed by atoms with Gasteiger partial charge in [-0.1, -0.05) is 30.3 Å². The number of hydrogen-bond acceptors (Lipinski definition) is 8. The molecule has 2 amide bonds. The highest BCUT2D eigenvalue weighted by Gasteiger charge is 2.38. The van der Waals surface area contributed by atoms with Gasteiger partial charge in [0.2, 0.25) is 6.17 Å². The topological polar surface area (TPSA) is 139 Å². The number of non-ortho nitro benzene ring substituents is 1. The molecule has 0 fully saturated rings. The van der Waals surface area contributed by atoms with Gasteiger partial charge in [0, 0.05) is 42.9 Å². The fourth-order valence-corrected chi connectivity index (χ4v) is 4.42. The quantitative estimate of drug-likeness (QED) is 0.248. The summed E-state index contributed by atoms with van der Waals surface area (Å²) in [5, 5.41) is 14.4. The molecule has 11 nitrogen and oxygen atoms in total. The molecule has 0 saturated carbocycles. The number of carbonyl (C=O) groups excluding carboxylic acids is 2. The number of nitro benzene ring substituents is 1. The van der Waals surface area contributed by atoms with Gasteiger partial charge in [-0.3, -0.25) is 19.7 Å². The van der Waals surface area contributed by atoms with Gasteiger partial charge >= 0.3 is 0 Å². The standard InChI is InChI=1S/C26H22N6O5/c1-15(37-2)28-23-19(9-6-11-27-23)25(33)30-24-26(34)31-12-10-17-13-18(32(35)36)14-20(22(17)31)21(29-24)16-7-4-3-5-8-16/h3-9,11,13-14,24H,10,12H2,1-2H3,(H,30,33)/t24-/m0/s1. The first-order valence-corrected chi connectivity index (χ1v) is 11.5. The number of aliphatic imine (C=N–C) groups is 2. The van der Waals surface area contributed by atoms with Crippen LogP contribution in [0.15, 0.2) is 70.8 Å². The fourth-order valence-electron chi connectivity index (χ4n) is 4.42. The average molecular weight is 498 g/mol. The summed E-state index contributed by atoms with van der Waals surface area (Å²) < 4.78 is 5.08. The number of aromatic nitrogens is 1. The average Bonchev–Trinajstić information content (AvgIpc) is 3.30. The van der Waals surface area contributed by atoms with Gasteiger partial charge in [0.25, 0.3) is 17.5 Å². The van der Waals surface area contributed by atoms with Crippen LogP contribution in [0.5, 0.6) is 0 Å².